The number of nitrogens with one attached hydrogen (secondary N) is 1. The van der Waals surface area contributed by atoms with Crippen LogP contribution in [-0.4, -0.2) is 44.2 Å². The molecule has 0 radical (unpaired) electrons. The third-order valence-corrected chi connectivity index (χ3v) is 6.05. The Hall–Kier alpha value is -2.76. The van der Waals surface area contributed by atoms with Crippen LogP contribution in [-0.2, 0) is 11.3 Å². The summed E-state index contributed by atoms with van der Waals surface area (Å²) in [6, 6.07) is 12.2. The fourth-order valence-electron chi connectivity index (χ4n) is 4.42. The number of amides is 1. The first-order valence-corrected chi connectivity index (χ1v) is 10.6. The standard InChI is InChI=1S/C23H30N4O2/c1-29-21-11-5-4-10-20(21)26-13-15-27(16-14-26)22-19(9-6-12-24-22)17-25-23(28)18-7-2-3-8-18/h4-6,9-12,18H,2-3,7-8,13-17H2,1H3,(H,25,28). The van der Waals surface area contributed by atoms with Crippen LogP contribution < -0.4 is 19.9 Å². The third kappa shape index (κ3) is 4.47. The second-order valence-corrected chi connectivity index (χ2v) is 7.83. The van der Waals surface area contributed by atoms with E-state index in [4.69, 9.17) is 4.74 Å². The van der Waals surface area contributed by atoms with Crippen LogP contribution in [0.2, 0.25) is 0 Å². The van der Waals surface area contributed by atoms with Crippen molar-refractivity contribution < 1.29 is 9.53 Å². The molecule has 1 saturated carbocycles. The molecule has 0 bridgehead atoms. The summed E-state index contributed by atoms with van der Waals surface area (Å²) < 4.78 is 5.52. The van der Waals surface area contributed by atoms with Gasteiger partial charge in [-0.25, -0.2) is 4.98 Å². The van der Waals surface area contributed by atoms with Crippen molar-refractivity contribution >= 4 is 17.4 Å². The Morgan fingerprint density at radius 3 is 2.55 bits per heavy atom. The number of hydrogen-bond acceptors (Lipinski definition) is 5. The summed E-state index contributed by atoms with van der Waals surface area (Å²) in [5.41, 5.74) is 2.23. The number of anilines is 2. The molecule has 154 valence electrons. The molecule has 1 aliphatic carbocycles. The Bertz CT molecular complexity index is 827. The lowest BCUT2D eigenvalue weighted by Crippen LogP contribution is -2.47. The molecule has 0 unspecified atom stereocenters. The number of aromatic nitrogens is 1. The first kappa shape index (κ1) is 19.6. The summed E-state index contributed by atoms with van der Waals surface area (Å²) in [6.07, 6.45) is 6.23. The maximum absolute atomic E-state index is 12.4. The van der Waals surface area contributed by atoms with Crippen LogP contribution >= 0.6 is 0 Å². The Kier molecular flexibility index (Phi) is 6.17. The van der Waals surface area contributed by atoms with Gasteiger partial charge in [-0.2, -0.15) is 0 Å². The van der Waals surface area contributed by atoms with Gasteiger partial charge in [-0.15, -0.1) is 0 Å². The molecule has 4 rings (SSSR count). The minimum atomic E-state index is 0.193. The van der Waals surface area contributed by atoms with Gasteiger partial charge in [0.25, 0.3) is 0 Å². The molecule has 6 heteroatoms. The van der Waals surface area contributed by atoms with E-state index in [2.05, 4.69) is 32.2 Å². The van der Waals surface area contributed by atoms with Crippen LogP contribution in [0.4, 0.5) is 11.5 Å². The topological polar surface area (TPSA) is 57.7 Å². The highest BCUT2D eigenvalue weighted by molar-refractivity contribution is 5.79. The molecule has 1 aliphatic heterocycles. The molecule has 29 heavy (non-hydrogen) atoms. The number of carbonyl (C=O) groups is 1. The molecule has 6 nitrogen and oxygen atoms in total. The van der Waals surface area contributed by atoms with Gasteiger partial charge in [0.15, 0.2) is 0 Å². The van der Waals surface area contributed by atoms with Crippen molar-refractivity contribution in [1.82, 2.24) is 10.3 Å². The van der Waals surface area contributed by atoms with Gasteiger partial charge in [-0.3, -0.25) is 4.79 Å². The van der Waals surface area contributed by atoms with Crippen molar-refractivity contribution in [3.05, 3.63) is 48.2 Å². The number of carbonyl (C=O) groups excluding carboxylic acids is 1. The van der Waals surface area contributed by atoms with Crippen LogP contribution in [0.15, 0.2) is 42.6 Å². The van der Waals surface area contributed by atoms with Crippen molar-refractivity contribution in [2.75, 3.05) is 43.1 Å². The number of rotatable bonds is 6. The highest BCUT2D eigenvalue weighted by Gasteiger charge is 2.24. The fraction of sp³-hybridized carbons (Fsp3) is 0.478. The fourth-order valence-corrected chi connectivity index (χ4v) is 4.42. The quantitative estimate of drug-likeness (QED) is 0.815. The Labute approximate surface area is 172 Å². The average Bonchev–Trinajstić information content (AvgIpc) is 3.33. The molecular weight excluding hydrogens is 364 g/mol. The Morgan fingerprint density at radius 2 is 1.79 bits per heavy atom. The van der Waals surface area contributed by atoms with Gasteiger partial charge in [-0.1, -0.05) is 31.0 Å². The van der Waals surface area contributed by atoms with Crippen LogP contribution in [0.5, 0.6) is 5.75 Å². The number of ether oxygens (including phenoxy) is 1. The van der Waals surface area contributed by atoms with E-state index in [0.29, 0.717) is 6.54 Å². The van der Waals surface area contributed by atoms with E-state index in [1.807, 2.05) is 30.5 Å². The van der Waals surface area contributed by atoms with Crippen molar-refractivity contribution in [2.24, 2.45) is 5.92 Å². The predicted molar refractivity (Wildman–Crippen MR) is 115 cm³/mol. The maximum atomic E-state index is 12.4. The molecule has 1 amide bonds. The Balaban J connectivity index is 1.39. The minimum Gasteiger partial charge on any atom is -0.495 e. The van der Waals surface area contributed by atoms with E-state index in [0.717, 1.165) is 61.8 Å². The number of methoxy groups -OCH3 is 1. The maximum Gasteiger partial charge on any atom is 0.223 e. The summed E-state index contributed by atoms with van der Waals surface area (Å²) in [4.78, 5) is 21.7. The average molecular weight is 395 g/mol. The summed E-state index contributed by atoms with van der Waals surface area (Å²) in [5, 5.41) is 3.14. The summed E-state index contributed by atoms with van der Waals surface area (Å²) in [6.45, 7) is 4.14. The van der Waals surface area contributed by atoms with Crippen LogP contribution in [0.25, 0.3) is 0 Å². The van der Waals surface area contributed by atoms with E-state index in [1.165, 1.54) is 12.8 Å². The Morgan fingerprint density at radius 1 is 1.07 bits per heavy atom. The zero-order valence-corrected chi connectivity index (χ0v) is 17.1. The summed E-state index contributed by atoms with van der Waals surface area (Å²) in [7, 11) is 1.72. The predicted octanol–water partition coefficient (Wildman–Crippen LogP) is 3.22. The van der Waals surface area contributed by atoms with Gasteiger partial charge in [0.1, 0.15) is 11.6 Å². The number of piperazine rings is 1. The van der Waals surface area contributed by atoms with Gasteiger partial charge >= 0.3 is 0 Å². The molecule has 1 N–H and O–H groups in total. The van der Waals surface area contributed by atoms with Crippen molar-refractivity contribution in [1.29, 1.82) is 0 Å². The molecule has 0 atom stereocenters. The van der Waals surface area contributed by atoms with Crippen molar-refractivity contribution in [3.8, 4) is 5.75 Å². The normalized spacial score (nSPS) is 17.4. The van der Waals surface area contributed by atoms with E-state index in [-0.39, 0.29) is 11.8 Å². The van der Waals surface area contributed by atoms with Crippen molar-refractivity contribution in [2.45, 2.75) is 32.2 Å². The molecule has 2 fully saturated rings. The van der Waals surface area contributed by atoms with Crippen molar-refractivity contribution in [3.63, 3.8) is 0 Å². The second-order valence-electron chi connectivity index (χ2n) is 7.83. The number of benzene rings is 1. The monoisotopic (exact) mass is 394 g/mol. The summed E-state index contributed by atoms with van der Waals surface area (Å²) >= 11 is 0. The number of para-hydroxylation sites is 2. The van der Waals surface area contributed by atoms with E-state index < -0.39 is 0 Å². The van der Waals surface area contributed by atoms with E-state index in [1.54, 1.807) is 7.11 Å². The molecule has 0 spiro atoms. The first-order valence-electron chi connectivity index (χ1n) is 10.6. The van der Waals surface area contributed by atoms with Crippen LogP contribution in [0, 0.1) is 5.92 Å². The van der Waals surface area contributed by atoms with Gasteiger partial charge in [0.2, 0.25) is 5.91 Å². The molecule has 2 aromatic rings. The zero-order chi connectivity index (χ0) is 20.1. The first-order chi connectivity index (χ1) is 14.3. The lowest BCUT2D eigenvalue weighted by molar-refractivity contribution is -0.124. The minimum absolute atomic E-state index is 0.193. The second kappa shape index (κ2) is 9.16. The molecule has 2 heterocycles. The molecule has 1 aromatic heterocycles. The number of nitrogens with zero attached hydrogens (tertiary/aromatic N) is 3. The zero-order valence-electron chi connectivity index (χ0n) is 17.1. The van der Waals surface area contributed by atoms with Gasteiger partial charge in [0.05, 0.1) is 12.8 Å². The lowest BCUT2D eigenvalue weighted by atomic mass is 10.1. The van der Waals surface area contributed by atoms with E-state index in [9.17, 15) is 4.79 Å². The molecule has 2 aliphatic rings. The highest BCUT2D eigenvalue weighted by Crippen LogP contribution is 2.29. The summed E-state index contributed by atoms with van der Waals surface area (Å²) in [5.74, 6) is 2.28. The smallest absolute Gasteiger partial charge is 0.223 e. The SMILES string of the molecule is COc1ccccc1N1CCN(c2ncccc2CNC(=O)C2CCCC2)CC1. The largest absolute Gasteiger partial charge is 0.495 e. The van der Waals surface area contributed by atoms with Gasteiger partial charge in [-0.05, 0) is 31.0 Å². The number of pyridine rings is 1. The van der Waals surface area contributed by atoms with Crippen LogP contribution in [0.1, 0.15) is 31.2 Å². The lowest BCUT2D eigenvalue weighted by Gasteiger charge is -2.37. The molecule has 1 saturated heterocycles. The van der Waals surface area contributed by atoms with E-state index >= 15 is 0 Å². The van der Waals surface area contributed by atoms with Crippen LogP contribution in [0.3, 0.4) is 0 Å². The number of hydrogen-bond donors (Lipinski definition) is 1. The third-order valence-electron chi connectivity index (χ3n) is 6.05. The highest BCUT2D eigenvalue weighted by atomic mass is 16.5. The molecular formula is C23H30N4O2. The van der Waals surface area contributed by atoms with Gasteiger partial charge < -0.3 is 19.9 Å². The molecule has 1 aromatic carbocycles. The van der Waals surface area contributed by atoms with Gasteiger partial charge in [0, 0.05) is 50.4 Å².